The molecule has 0 aliphatic carbocycles. The second-order valence-electron chi connectivity index (χ2n) is 5.71. The summed E-state index contributed by atoms with van der Waals surface area (Å²) < 4.78 is 13.5. The molecular weight excluding hydrogens is 305 g/mol. The molecule has 0 aromatic heterocycles. The van der Waals surface area contributed by atoms with Crippen molar-refractivity contribution in [2.24, 2.45) is 5.73 Å². The maximum Gasteiger partial charge on any atom is 0.221 e. The molecule has 1 heterocycles. The Kier molecular flexibility index (Phi) is 6.61. The number of halogens is 2. The summed E-state index contributed by atoms with van der Waals surface area (Å²) in [4.78, 5) is 13.9. The first-order valence-electron chi connectivity index (χ1n) is 7.75. The van der Waals surface area contributed by atoms with Gasteiger partial charge in [0, 0.05) is 32.1 Å². The predicted octanol–water partition coefficient (Wildman–Crippen LogP) is 2.30. The number of rotatable bonds is 6. The molecule has 1 fully saturated rings. The zero-order valence-corrected chi connectivity index (χ0v) is 13.4. The number of nitrogens with two attached hydrogens (primary N) is 1. The average Bonchev–Trinajstić information content (AvgIpc) is 2.50. The molecule has 1 aliphatic rings. The number of carbonyl (C=O) groups is 1. The summed E-state index contributed by atoms with van der Waals surface area (Å²) in [5, 5.41) is 3.08. The van der Waals surface area contributed by atoms with E-state index in [4.69, 9.17) is 17.3 Å². The molecule has 1 aromatic carbocycles. The van der Waals surface area contributed by atoms with E-state index in [0.29, 0.717) is 26.1 Å². The number of nitrogens with zero attached hydrogens (tertiary/aromatic N) is 1. The summed E-state index contributed by atoms with van der Waals surface area (Å²) in [7, 11) is 0. The first kappa shape index (κ1) is 17.2. The van der Waals surface area contributed by atoms with E-state index in [0.717, 1.165) is 31.4 Å². The van der Waals surface area contributed by atoms with Gasteiger partial charge in [0.05, 0.1) is 5.02 Å². The lowest BCUT2D eigenvalue weighted by Crippen LogP contribution is -2.46. The lowest BCUT2D eigenvalue weighted by Gasteiger charge is -2.36. The van der Waals surface area contributed by atoms with Crippen molar-refractivity contribution in [2.45, 2.75) is 38.3 Å². The smallest absolute Gasteiger partial charge is 0.221 e. The van der Waals surface area contributed by atoms with Crippen LogP contribution in [-0.4, -0.2) is 36.5 Å². The van der Waals surface area contributed by atoms with Crippen LogP contribution in [0.4, 0.5) is 4.39 Å². The van der Waals surface area contributed by atoms with Crippen molar-refractivity contribution in [3.05, 3.63) is 34.6 Å². The van der Waals surface area contributed by atoms with Gasteiger partial charge in [0.2, 0.25) is 5.91 Å². The van der Waals surface area contributed by atoms with Gasteiger partial charge in [0.1, 0.15) is 5.82 Å². The Morgan fingerprint density at radius 1 is 1.45 bits per heavy atom. The fourth-order valence-electron chi connectivity index (χ4n) is 2.82. The van der Waals surface area contributed by atoms with Gasteiger partial charge in [0.15, 0.2) is 0 Å². The Morgan fingerprint density at radius 3 is 3.00 bits per heavy atom. The highest BCUT2D eigenvalue weighted by atomic mass is 35.5. The molecule has 0 radical (unpaired) electrons. The molecule has 2 rings (SSSR count). The summed E-state index contributed by atoms with van der Waals surface area (Å²) in [5.41, 5.74) is 6.28. The van der Waals surface area contributed by atoms with E-state index in [-0.39, 0.29) is 22.8 Å². The minimum Gasteiger partial charge on any atom is -0.354 e. The van der Waals surface area contributed by atoms with Gasteiger partial charge in [0.25, 0.3) is 0 Å². The SMILES string of the molecule is NCCC(=O)NCC1CCCCN1Cc1ccc(Cl)c(F)c1. The Labute approximate surface area is 135 Å². The second-order valence-corrected chi connectivity index (χ2v) is 6.12. The first-order chi connectivity index (χ1) is 10.6. The highest BCUT2D eigenvalue weighted by Gasteiger charge is 2.23. The van der Waals surface area contributed by atoms with Crippen molar-refractivity contribution in [1.82, 2.24) is 10.2 Å². The standard InChI is InChI=1S/C16H23ClFN3O/c17-14-5-4-12(9-15(14)18)11-21-8-2-1-3-13(21)10-20-16(22)6-7-19/h4-5,9,13H,1-3,6-8,10-11,19H2,(H,20,22). The number of piperidine rings is 1. The van der Waals surface area contributed by atoms with Crippen molar-refractivity contribution in [3.63, 3.8) is 0 Å². The molecule has 6 heteroatoms. The van der Waals surface area contributed by atoms with Gasteiger partial charge in [-0.2, -0.15) is 0 Å². The first-order valence-corrected chi connectivity index (χ1v) is 8.12. The number of hydrogen-bond donors (Lipinski definition) is 2. The zero-order chi connectivity index (χ0) is 15.9. The van der Waals surface area contributed by atoms with Crippen LogP contribution in [0.15, 0.2) is 18.2 Å². The highest BCUT2D eigenvalue weighted by molar-refractivity contribution is 6.30. The zero-order valence-electron chi connectivity index (χ0n) is 12.7. The van der Waals surface area contributed by atoms with E-state index < -0.39 is 0 Å². The Balaban J connectivity index is 1.94. The van der Waals surface area contributed by atoms with Gasteiger partial charge >= 0.3 is 0 Å². The molecule has 1 atom stereocenters. The lowest BCUT2D eigenvalue weighted by atomic mass is 10.0. The summed E-state index contributed by atoms with van der Waals surface area (Å²) in [6, 6.07) is 5.22. The van der Waals surface area contributed by atoms with Gasteiger partial charge in [-0.25, -0.2) is 4.39 Å². The van der Waals surface area contributed by atoms with Crippen molar-refractivity contribution < 1.29 is 9.18 Å². The van der Waals surface area contributed by atoms with Crippen LogP contribution in [0.2, 0.25) is 5.02 Å². The quantitative estimate of drug-likeness (QED) is 0.843. The minimum atomic E-state index is -0.385. The van der Waals surface area contributed by atoms with Crippen molar-refractivity contribution in [2.75, 3.05) is 19.6 Å². The Hall–Kier alpha value is -1.17. The van der Waals surface area contributed by atoms with E-state index in [2.05, 4.69) is 10.2 Å². The molecule has 1 unspecified atom stereocenters. The summed E-state index contributed by atoms with van der Waals surface area (Å²) in [5.74, 6) is -0.394. The topological polar surface area (TPSA) is 58.4 Å². The third-order valence-electron chi connectivity index (χ3n) is 4.03. The predicted molar refractivity (Wildman–Crippen MR) is 86.1 cm³/mol. The molecule has 1 saturated heterocycles. The number of likely N-dealkylation sites (tertiary alicyclic amines) is 1. The van der Waals surface area contributed by atoms with Crippen LogP contribution >= 0.6 is 11.6 Å². The normalized spacial score (nSPS) is 19.1. The third kappa shape index (κ3) is 4.93. The molecule has 4 nitrogen and oxygen atoms in total. The number of amides is 1. The van der Waals surface area contributed by atoms with E-state index in [1.165, 1.54) is 6.07 Å². The van der Waals surface area contributed by atoms with Crippen LogP contribution < -0.4 is 11.1 Å². The highest BCUT2D eigenvalue weighted by Crippen LogP contribution is 2.21. The van der Waals surface area contributed by atoms with Gasteiger partial charge in [-0.15, -0.1) is 0 Å². The van der Waals surface area contributed by atoms with Crippen LogP contribution in [0.5, 0.6) is 0 Å². The number of carbonyl (C=O) groups excluding carboxylic acids is 1. The average molecular weight is 328 g/mol. The molecule has 1 aromatic rings. The fraction of sp³-hybridized carbons (Fsp3) is 0.562. The molecule has 0 saturated carbocycles. The van der Waals surface area contributed by atoms with Crippen LogP contribution in [0, 0.1) is 5.82 Å². The van der Waals surface area contributed by atoms with E-state index in [1.807, 2.05) is 6.07 Å². The molecule has 22 heavy (non-hydrogen) atoms. The summed E-state index contributed by atoms with van der Waals surface area (Å²) in [6.07, 6.45) is 3.68. The monoisotopic (exact) mass is 327 g/mol. The van der Waals surface area contributed by atoms with Crippen molar-refractivity contribution in [1.29, 1.82) is 0 Å². The maximum absolute atomic E-state index is 13.5. The van der Waals surface area contributed by atoms with Crippen LogP contribution in [0.1, 0.15) is 31.2 Å². The fourth-order valence-corrected chi connectivity index (χ4v) is 2.94. The summed E-state index contributed by atoms with van der Waals surface area (Å²) >= 11 is 5.72. The summed E-state index contributed by atoms with van der Waals surface area (Å²) in [6.45, 7) is 2.62. The lowest BCUT2D eigenvalue weighted by molar-refractivity contribution is -0.121. The number of benzene rings is 1. The van der Waals surface area contributed by atoms with Crippen molar-refractivity contribution >= 4 is 17.5 Å². The van der Waals surface area contributed by atoms with Crippen molar-refractivity contribution in [3.8, 4) is 0 Å². The van der Waals surface area contributed by atoms with Crippen LogP contribution in [0.3, 0.4) is 0 Å². The van der Waals surface area contributed by atoms with Gasteiger partial charge in [-0.3, -0.25) is 9.69 Å². The van der Waals surface area contributed by atoms with Crippen LogP contribution in [0.25, 0.3) is 0 Å². The van der Waals surface area contributed by atoms with E-state index in [9.17, 15) is 9.18 Å². The number of nitrogens with one attached hydrogen (secondary N) is 1. The van der Waals surface area contributed by atoms with E-state index in [1.54, 1.807) is 6.07 Å². The third-order valence-corrected chi connectivity index (χ3v) is 4.33. The minimum absolute atomic E-state index is 0.00874. The maximum atomic E-state index is 13.5. The van der Waals surface area contributed by atoms with Crippen LogP contribution in [-0.2, 0) is 11.3 Å². The Bertz CT molecular complexity index is 512. The molecule has 1 aliphatic heterocycles. The molecule has 0 bridgehead atoms. The Morgan fingerprint density at radius 2 is 2.27 bits per heavy atom. The number of hydrogen-bond acceptors (Lipinski definition) is 3. The molecular formula is C16H23ClFN3O. The second kappa shape index (κ2) is 8.46. The van der Waals surface area contributed by atoms with E-state index >= 15 is 0 Å². The molecule has 122 valence electrons. The molecule has 3 N–H and O–H groups in total. The molecule has 0 spiro atoms. The van der Waals surface area contributed by atoms with Gasteiger partial charge in [-0.05, 0) is 37.1 Å². The largest absolute Gasteiger partial charge is 0.354 e. The van der Waals surface area contributed by atoms with Gasteiger partial charge in [-0.1, -0.05) is 24.1 Å². The van der Waals surface area contributed by atoms with Gasteiger partial charge < -0.3 is 11.1 Å². The molecule has 1 amide bonds.